The number of halogens is 4. The lowest BCUT2D eigenvalue weighted by molar-refractivity contribution is -0.274. The van der Waals surface area contributed by atoms with Crippen LogP contribution in [-0.4, -0.2) is 43.9 Å². The molecule has 228 valence electrons. The van der Waals surface area contributed by atoms with Crippen molar-refractivity contribution in [3.63, 3.8) is 0 Å². The number of rotatable bonds is 8. The summed E-state index contributed by atoms with van der Waals surface area (Å²) < 4.78 is 57.9. The average Bonchev–Trinajstić information content (AvgIpc) is 3.60. The Bertz CT molecular complexity index is 1680. The molecule has 44 heavy (non-hydrogen) atoms. The standard InChI is InChI=1S/C31H27F4N5O3S/c1-18-5-4-6-19(2)28(18)40-26(42)16-44-30(40)37-25(41)15-20(3)27(32)21-7-9-22(10-8-21)29-36-17-39(38-29)23-11-13-24(14-12-23)43-31(33,34)35/h4-14,17,20,27H,15-16H2,1-3H3. The summed E-state index contributed by atoms with van der Waals surface area (Å²) in [4.78, 5) is 35.4. The van der Waals surface area contributed by atoms with Gasteiger partial charge in [-0.15, -0.1) is 18.3 Å². The molecule has 0 N–H and O–H groups in total. The van der Waals surface area contributed by atoms with Gasteiger partial charge in [-0.3, -0.25) is 14.5 Å². The van der Waals surface area contributed by atoms with Crippen molar-refractivity contribution in [1.29, 1.82) is 0 Å². The van der Waals surface area contributed by atoms with E-state index < -0.39 is 24.4 Å². The van der Waals surface area contributed by atoms with E-state index in [0.717, 1.165) is 11.1 Å². The van der Waals surface area contributed by atoms with Crippen molar-refractivity contribution >= 4 is 34.4 Å². The van der Waals surface area contributed by atoms with Crippen LogP contribution in [0.25, 0.3) is 17.1 Å². The van der Waals surface area contributed by atoms with Crippen LogP contribution in [0.5, 0.6) is 5.75 Å². The predicted molar refractivity (Wildman–Crippen MR) is 159 cm³/mol. The Labute approximate surface area is 254 Å². The Morgan fingerprint density at radius 2 is 1.70 bits per heavy atom. The largest absolute Gasteiger partial charge is 0.573 e. The number of aliphatic imine (C=N–C) groups is 1. The molecule has 2 amide bonds. The third-order valence-electron chi connectivity index (χ3n) is 6.96. The van der Waals surface area contributed by atoms with E-state index in [2.05, 4.69) is 19.8 Å². The van der Waals surface area contributed by atoms with Gasteiger partial charge in [-0.25, -0.2) is 14.1 Å². The molecule has 1 aliphatic rings. The van der Waals surface area contributed by atoms with Crippen LogP contribution in [0.15, 0.2) is 78.0 Å². The summed E-state index contributed by atoms with van der Waals surface area (Å²) in [5.41, 5.74) is 3.91. The van der Waals surface area contributed by atoms with Gasteiger partial charge in [0.15, 0.2) is 11.0 Å². The highest BCUT2D eigenvalue weighted by Gasteiger charge is 2.33. The molecule has 5 rings (SSSR count). The van der Waals surface area contributed by atoms with Crippen LogP contribution in [0.4, 0.5) is 23.2 Å². The Hall–Kier alpha value is -4.52. The molecule has 1 fully saturated rings. The van der Waals surface area contributed by atoms with Gasteiger partial charge < -0.3 is 4.74 Å². The van der Waals surface area contributed by atoms with Gasteiger partial charge in [-0.1, -0.05) is 61.2 Å². The molecule has 13 heteroatoms. The summed E-state index contributed by atoms with van der Waals surface area (Å²) in [6, 6.07) is 17.3. The maximum atomic E-state index is 15.4. The zero-order valence-corrected chi connectivity index (χ0v) is 24.7. The van der Waals surface area contributed by atoms with Gasteiger partial charge in [0.25, 0.3) is 0 Å². The number of amidine groups is 1. The second-order valence-electron chi connectivity index (χ2n) is 10.3. The second kappa shape index (κ2) is 12.6. The van der Waals surface area contributed by atoms with Crippen molar-refractivity contribution in [2.45, 2.75) is 39.7 Å². The van der Waals surface area contributed by atoms with Gasteiger partial charge in [-0.05, 0) is 54.8 Å². The highest BCUT2D eigenvalue weighted by molar-refractivity contribution is 8.15. The average molecular weight is 626 g/mol. The lowest BCUT2D eigenvalue weighted by Gasteiger charge is -2.21. The highest BCUT2D eigenvalue weighted by atomic mass is 32.2. The smallest absolute Gasteiger partial charge is 0.406 e. The van der Waals surface area contributed by atoms with Crippen molar-refractivity contribution in [2.75, 3.05) is 10.7 Å². The Morgan fingerprint density at radius 3 is 2.34 bits per heavy atom. The quantitative estimate of drug-likeness (QED) is 0.193. The highest BCUT2D eigenvalue weighted by Crippen LogP contribution is 2.34. The Morgan fingerprint density at radius 1 is 1.05 bits per heavy atom. The maximum absolute atomic E-state index is 15.4. The Balaban J connectivity index is 1.23. The second-order valence-corrected chi connectivity index (χ2v) is 11.2. The summed E-state index contributed by atoms with van der Waals surface area (Å²) in [5.74, 6) is -1.22. The number of alkyl halides is 4. The number of hydrogen-bond acceptors (Lipinski definition) is 6. The molecular weight excluding hydrogens is 598 g/mol. The molecule has 0 radical (unpaired) electrons. The number of carbonyl (C=O) groups is 2. The van der Waals surface area contributed by atoms with Crippen molar-refractivity contribution in [3.05, 3.63) is 89.7 Å². The number of thioether (sulfide) groups is 1. The molecule has 2 atom stereocenters. The maximum Gasteiger partial charge on any atom is 0.573 e. The minimum atomic E-state index is -4.78. The van der Waals surface area contributed by atoms with Crippen molar-refractivity contribution in [1.82, 2.24) is 14.8 Å². The number of aromatic nitrogens is 3. The van der Waals surface area contributed by atoms with E-state index in [0.29, 0.717) is 33.5 Å². The molecule has 1 aromatic heterocycles. The molecule has 1 saturated heterocycles. The molecule has 0 spiro atoms. The van der Waals surface area contributed by atoms with Gasteiger partial charge in [0.2, 0.25) is 11.8 Å². The van der Waals surface area contributed by atoms with E-state index in [4.69, 9.17) is 0 Å². The van der Waals surface area contributed by atoms with Crippen LogP contribution in [-0.2, 0) is 9.59 Å². The van der Waals surface area contributed by atoms with Crippen LogP contribution >= 0.6 is 11.8 Å². The number of ether oxygens (including phenoxy) is 1. The van der Waals surface area contributed by atoms with Gasteiger partial charge in [0, 0.05) is 17.9 Å². The number of aryl methyl sites for hydroxylation is 2. The first kappa shape index (κ1) is 30.9. The lowest BCUT2D eigenvalue weighted by atomic mass is 9.95. The van der Waals surface area contributed by atoms with Gasteiger partial charge in [0.1, 0.15) is 18.2 Å². The number of amides is 2. The zero-order chi connectivity index (χ0) is 31.6. The van der Waals surface area contributed by atoms with Crippen LogP contribution in [0.2, 0.25) is 0 Å². The number of anilines is 1. The van der Waals surface area contributed by atoms with Gasteiger partial charge in [0.05, 0.1) is 17.1 Å². The molecule has 4 aromatic rings. The van der Waals surface area contributed by atoms with E-state index in [-0.39, 0.29) is 23.8 Å². The minimum absolute atomic E-state index is 0.152. The van der Waals surface area contributed by atoms with E-state index >= 15 is 4.39 Å². The molecule has 2 unspecified atom stereocenters. The molecule has 0 aliphatic carbocycles. The predicted octanol–water partition coefficient (Wildman–Crippen LogP) is 7.15. The summed E-state index contributed by atoms with van der Waals surface area (Å²) >= 11 is 1.18. The first-order valence-corrected chi connectivity index (χ1v) is 14.5. The lowest BCUT2D eigenvalue weighted by Crippen LogP contribution is -2.31. The molecule has 8 nitrogen and oxygen atoms in total. The van der Waals surface area contributed by atoms with Crippen LogP contribution in [0, 0.1) is 19.8 Å². The number of para-hydroxylation sites is 1. The van der Waals surface area contributed by atoms with Crippen molar-refractivity contribution in [3.8, 4) is 22.8 Å². The molecule has 0 saturated carbocycles. The number of carbonyl (C=O) groups excluding carboxylic acids is 2. The Kier molecular flexibility index (Phi) is 8.86. The normalized spacial score (nSPS) is 15.9. The fourth-order valence-corrected chi connectivity index (χ4v) is 5.69. The SMILES string of the molecule is Cc1cccc(C)c1N1C(=O)CSC1=NC(=O)CC(C)C(F)c1ccc(-c2ncn(-c3ccc(OC(F)(F)F)cc3)n2)cc1. The van der Waals surface area contributed by atoms with Gasteiger partial charge >= 0.3 is 6.36 Å². The van der Waals surface area contributed by atoms with E-state index in [9.17, 15) is 22.8 Å². The molecule has 1 aliphatic heterocycles. The van der Waals surface area contributed by atoms with E-state index in [1.54, 1.807) is 31.2 Å². The number of benzene rings is 3. The van der Waals surface area contributed by atoms with Crippen LogP contribution in [0.3, 0.4) is 0 Å². The van der Waals surface area contributed by atoms with E-state index in [1.807, 2.05) is 32.0 Å². The topological polar surface area (TPSA) is 89.7 Å². The van der Waals surface area contributed by atoms with Crippen molar-refractivity contribution in [2.24, 2.45) is 10.9 Å². The summed E-state index contributed by atoms with van der Waals surface area (Å²) in [6.45, 7) is 5.40. The molecule has 3 aromatic carbocycles. The third kappa shape index (κ3) is 6.99. The minimum Gasteiger partial charge on any atom is -0.406 e. The van der Waals surface area contributed by atoms with Crippen LogP contribution in [0.1, 0.15) is 36.2 Å². The third-order valence-corrected chi connectivity index (χ3v) is 7.88. The first-order chi connectivity index (χ1) is 20.9. The van der Waals surface area contributed by atoms with E-state index in [1.165, 1.54) is 51.9 Å². The first-order valence-electron chi connectivity index (χ1n) is 13.6. The van der Waals surface area contributed by atoms with Crippen LogP contribution < -0.4 is 9.64 Å². The summed E-state index contributed by atoms with van der Waals surface area (Å²) in [7, 11) is 0. The molecular formula is C31H27F4N5O3S. The molecule has 2 heterocycles. The summed E-state index contributed by atoms with van der Waals surface area (Å²) in [6.07, 6.45) is -4.98. The number of nitrogens with zero attached hydrogens (tertiary/aromatic N) is 5. The molecule has 0 bridgehead atoms. The summed E-state index contributed by atoms with van der Waals surface area (Å²) in [5, 5.41) is 4.65. The fourth-order valence-electron chi connectivity index (χ4n) is 4.82. The fraction of sp³-hybridized carbons (Fsp3) is 0.258. The zero-order valence-electron chi connectivity index (χ0n) is 23.9. The van der Waals surface area contributed by atoms with Gasteiger partial charge in [-0.2, -0.15) is 4.99 Å². The number of hydrogen-bond donors (Lipinski definition) is 0. The van der Waals surface area contributed by atoms with Crippen molar-refractivity contribution < 1.29 is 31.9 Å². The monoisotopic (exact) mass is 625 g/mol.